The van der Waals surface area contributed by atoms with Crippen molar-refractivity contribution in [3.8, 4) is 0 Å². The van der Waals surface area contributed by atoms with E-state index in [-0.39, 0.29) is 17.7 Å². The van der Waals surface area contributed by atoms with Gasteiger partial charge in [0.05, 0.1) is 12.2 Å². The SMILES string of the molecule is C/C=C1/C(=O)N(Cc2ccc(C(=O)NCCN3CCCCC3)cc2)c2ccncc2C1Cc1ccccc1. The molecule has 3 heterocycles. The fourth-order valence-corrected chi connectivity index (χ4v) is 5.60. The quantitative estimate of drug-likeness (QED) is 0.429. The number of hydrogen-bond acceptors (Lipinski definition) is 4. The first-order valence-corrected chi connectivity index (χ1v) is 13.7. The van der Waals surface area contributed by atoms with Crippen LogP contribution in [0.2, 0.25) is 0 Å². The van der Waals surface area contributed by atoms with Crippen LogP contribution in [0, 0.1) is 0 Å². The number of pyridine rings is 1. The average molecular weight is 509 g/mol. The van der Waals surface area contributed by atoms with Crippen LogP contribution in [0.4, 0.5) is 5.69 Å². The Morgan fingerprint density at radius 2 is 1.76 bits per heavy atom. The molecule has 0 bridgehead atoms. The van der Waals surface area contributed by atoms with Gasteiger partial charge in [-0.1, -0.05) is 55.0 Å². The van der Waals surface area contributed by atoms with Crippen LogP contribution in [0.5, 0.6) is 0 Å². The first kappa shape index (κ1) is 25.9. The normalized spacial score (nSPS) is 18.9. The topological polar surface area (TPSA) is 65.5 Å². The lowest BCUT2D eigenvalue weighted by atomic mass is 9.81. The Kier molecular flexibility index (Phi) is 8.29. The van der Waals surface area contributed by atoms with Crippen molar-refractivity contribution in [2.45, 2.75) is 45.1 Å². The summed E-state index contributed by atoms with van der Waals surface area (Å²) < 4.78 is 0. The molecule has 1 N–H and O–H groups in total. The van der Waals surface area contributed by atoms with E-state index in [1.54, 1.807) is 6.20 Å². The third kappa shape index (κ3) is 5.86. The second-order valence-corrected chi connectivity index (χ2v) is 10.2. The first-order valence-electron chi connectivity index (χ1n) is 13.7. The Bertz CT molecular complexity index is 1280. The maximum atomic E-state index is 13.7. The van der Waals surface area contributed by atoms with Gasteiger partial charge in [0.25, 0.3) is 11.8 Å². The van der Waals surface area contributed by atoms with E-state index in [9.17, 15) is 9.59 Å². The van der Waals surface area contributed by atoms with Gasteiger partial charge in [0.15, 0.2) is 0 Å². The Balaban J connectivity index is 1.28. The second kappa shape index (κ2) is 12.2. The number of hydrogen-bond donors (Lipinski definition) is 1. The molecule has 0 saturated carbocycles. The van der Waals surface area contributed by atoms with E-state index < -0.39 is 0 Å². The molecule has 2 amide bonds. The molecule has 2 aliphatic heterocycles. The van der Waals surface area contributed by atoms with Crippen molar-refractivity contribution in [3.05, 3.63) is 107 Å². The molecular formula is C32H36N4O2. The number of anilines is 1. The molecule has 2 aromatic carbocycles. The Hall–Kier alpha value is -3.77. The Morgan fingerprint density at radius 1 is 1.00 bits per heavy atom. The van der Waals surface area contributed by atoms with Crippen LogP contribution >= 0.6 is 0 Å². The number of likely N-dealkylation sites (tertiary alicyclic amines) is 1. The van der Waals surface area contributed by atoms with E-state index >= 15 is 0 Å². The van der Waals surface area contributed by atoms with Crippen LogP contribution in [0.3, 0.4) is 0 Å². The minimum atomic E-state index is -0.0565. The van der Waals surface area contributed by atoms with Crippen LogP contribution in [-0.2, 0) is 17.8 Å². The van der Waals surface area contributed by atoms with Crippen molar-refractivity contribution < 1.29 is 9.59 Å². The molecule has 0 radical (unpaired) electrons. The van der Waals surface area contributed by atoms with Gasteiger partial charge in [-0.15, -0.1) is 0 Å². The van der Waals surface area contributed by atoms with E-state index in [0.29, 0.717) is 18.7 Å². The Morgan fingerprint density at radius 3 is 2.50 bits per heavy atom. The van der Waals surface area contributed by atoms with Crippen LogP contribution < -0.4 is 10.2 Å². The van der Waals surface area contributed by atoms with Gasteiger partial charge in [0.2, 0.25) is 0 Å². The molecule has 0 aliphatic carbocycles. The standard InChI is InChI=1S/C32H36N4O2/c1-2-27-28(21-24-9-5-3-6-10-24)29-22-33-16-15-30(29)36(32(27)38)23-25-11-13-26(14-12-25)31(37)34-17-20-35-18-7-4-8-19-35/h2-3,5-6,9-16,22,28H,4,7-8,17-21,23H2,1H3,(H,34,37)/b27-2+. The average Bonchev–Trinajstić information content (AvgIpc) is 2.96. The number of nitrogens with zero attached hydrogens (tertiary/aromatic N) is 3. The third-order valence-electron chi connectivity index (χ3n) is 7.67. The van der Waals surface area contributed by atoms with E-state index in [1.165, 1.54) is 24.8 Å². The minimum Gasteiger partial charge on any atom is -0.351 e. The lowest BCUT2D eigenvalue weighted by Crippen LogP contribution is -2.39. The number of allylic oxidation sites excluding steroid dienone is 1. The molecular weight excluding hydrogens is 472 g/mol. The molecule has 5 rings (SSSR count). The molecule has 38 heavy (non-hydrogen) atoms. The summed E-state index contributed by atoms with van der Waals surface area (Å²) in [4.78, 5) is 35.0. The van der Waals surface area contributed by atoms with Crippen LogP contribution in [0.1, 0.15) is 59.2 Å². The van der Waals surface area contributed by atoms with Crippen molar-refractivity contribution >= 4 is 17.5 Å². The highest BCUT2D eigenvalue weighted by Crippen LogP contribution is 2.41. The summed E-state index contributed by atoms with van der Waals surface area (Å²) in [6, 6.07) is 19.8. The van der Waals surface area contributed by atoms with Crippen molar-refractivity contribution in [1.82, 2.24) is 15.2 Å². The van der Waals surface area contributed by atoms with Gasteiger partial charge in [-0.3, -0.25) is 14.6 Å². The largest absolute Gasteiger partial charge is 0.351 e. The summed E-state index contributed by atoms with van der Waals surface area (Å²) in [5.41, 5.74) is 5.56. The van der Waals surface area contributed by atoms with Gasteiger partial charge in [-0.25, -0.2) is 0 Å². The molecule has 1 aromatic heterocycles. The van der Waals surface area contributed by atoms with Gasteiger partial charge in [0, 0.05) is 48.1 Å². The molecule has 2 aliphatic rings. The molecule has 0 spiro atoms. The predicted octanol–water partition coefficient (Wildman–Crippen LogP) is 5.12. The molecule has 1 atom stereocenters. The summed E-state index contributed by atoms with van der Waals surface area (Å²) in [7, 11) is 0. The van der Waals surface area contributed by atoms with Gasteiger partial charge < -0.3 is 15.1 Å². The van der Waals surface area contributed by atoms with Crippen molar-refractivity contribution in [2.24, 2.45) is 0 Å². The zero-order chi connectivity index (χ0) is 26.3. The van der Waals surface area contributed by atoms with Crippen LogP contribution in [0.25, 0.3) is 0 Å². The van der Waals surface area contributed by atoms with Gasteiger partial charge in [-0.05, 0) is 68.6 Å². The summed E-state index contributed by atoms with van der Waals surface area (Å²) in [6.07, 6.45) is 10.1. The molecule has 3 aromatic rings. The molecule has 6 nitrogen and oxygen atoms in total. The molecule has 1 fully saturated rings. The molecule has 1 saturated heterocycles. The monoisotopic (exact) mass is 508 g/mol. The number of nitrogens with one attached hydrogen (secondary N) is 1. The predicted molar refractivity (Wildman–Crippen MR) is 151 cm³/mol. The zero-order valence-corrected chi connectivity index (χ0v) is 22.1. The fraction of sp³-hybridized carbons (Fsp3) is 0.344. The summed E-state index contributed by atoms with van der Waals surface area (Å²) >= 11 is 0. The first-order chi connectivity index (χ1) is 18.6. The van der Waals surface area contributed by atoms with Crippen LogP contribution in [0.15, 0.2) is 84.7 Å². The molecule has 1 unspecified atom stereocenters. The van der Waals surface area contributed by atoms with Gasteiger partial charge >= 0.3 is 0 Å². The summed E-state index contributed by atoms with van der Waals surface area (Å²) in [5, 5.41) is 3.05. The number of amides is 2. The number of carbonyl (C=O) groups excluding carboxylic acids is 2. The highest BCUT2D eigenvalue weighted by atomic mass is 16.2. The van der Waals surface area contributed by atoms with E-state index in [2.05, 4.69) is 27.3 Å². The number of carbonyl (C=O) groups is 2. The zero-order valence-electron chi connectivity index (χ0n) is 22.1. The van der Waals surface area contributed by atoms with Crippen molar-refractivity contribution in [3.63, 3.8) is 0 Å². The van der Waals surface area contributed by atoms with E-state index in [1.807, 2.05) is 72.6 Å². The Labute approximate surface area is 225 Å². The summed E-state index contributed by atoms with van der Waals surface area (Å²) in [6.45, 7) is 6.17. The number of aromatic nitrogens is 1. The lowest BCUT2D eigenvalue weighted by Gasteiger charge is -2.36. The van der Waals surface area contributed by atoms with Gasteiger partial charge in [-0.2, -0.15) is 0 Å². The fourth-order valence-electron chi connectivity index (χ4n) is 5.60. The van der Waals surface area contributed by atoms with E-state index in [0.717, 1.165) is 48.4 Å². The highest BCUT2D eigenvalue weighted by molar-refractivity contribution is 6.09. The third-order valence-corrected chi connectivity index (χ3v) is 7.67. The minimum absolute atomic E-state index is 0.0201. The summed E-state index contributed by atoms with van der Waals surface area (Å²) in [5.74, 6) is -0.0727. The molecule has 196 valence electrons. The molecule has 6 heteroatoms. The van der Waals surface area contributed by atoms with Gasteiger partial charge in [0.1, 0.15) is 0 Å². The maximum absolute atomic E-state index is 13.7. The number of benzene rings is 2. The van der Waals surface area contributed by atoms with Crippen molar-refractivity contribution in [2.75, 3.05) is 31.1 Å². The van der Waals surface area contributed by atoms with Crippen LogP contribution in [-0.4, -0.2) is 47.9 Å². The number of fused-ring (bicyclic) bond motifs is 1. The smallest absolute Gasteiger partial charge is 0.254 e. The van der Waals surface area contributed by atoms with E-state index in [4.69, 9.17) is 0 Å². The lowest BCUT2D eigenvalue weighted by molar-refractivity contribution is -0.115. The maximum Gasteiger partial charge on any atom is 0.254 e. The number of rotatable bonds is 8. The number of piperidine rings is 1. The van der Waals surface area contributed by atoms with Crippen molar-refractivity contribution in [1.29, 1.82) is 0 Å². The highest BCUT2D eigenvalue weighted by Gasteiger charge is 2.35. The second-order valence-electron chi connectivity index (χ2n) is 10.2.